The van der Waals surface area contributed by atoms with Gasteiger partial charge in [0.1, 0.15) is 17.5 Å². The first kappa shape index (κ1) is 14.4. The fourth-order valence-electron chi connectivity index (χ4n) is 2.52. The number of aromatic amines is 1. The van der Waals surface area contributed by atoms with Crippen LogP contribution in [-0.2, 0) is 0 Å². The van der Waals surface area contributed by atoms with Gasteiger partial charge in [0.15, 0.2) is 5.69 Å². The second kappa shape index (κ2) is 5.72. The summed E-state index contributed by atoms with van der Waals surface area (Å²) >= 11 is 0. The van der Waals surface area contributed by atoms with Gasteiger partial charge in [0.2, 0.25) is 5.92 Å². The van der Waals surface area contributed by atoms with E-state index in [2.05, 4.69) is 15.4 Å². The summed E-state index contributed by atoms with van der Waals surface area (Å²) in [6, 6.07) is 9.01. The molecule has 1 N–H and O–H groups in total. The Morgan fingerprint density at radius 3 is 2.55 bits per heavy atom. The van der Waals surface area contributed by atoms with Crippen molar-refractivity contribution in [3.63, 3.8) is 0 Å². The van der Waals surface area contributed by atoms with Crippen LogP contribution in [0.25, 0.3) is 11.3 Å². The minimum absolute atomic E-state index is 0.125. The lowest BCUT2D eigenvalue weighted by atomic mass is 9.94. The minimum atomic E-state index is -2.55. The Morgan fingerprint density at radius 1 is 1.23 bits per heavy atom. The molecule has 1 aromatic heterocycles. The quantitative estimate of drug-likeness (QED) is 0.944. The van der Waals surface area contributed by atoms with E-state index in [0.29, 0.717) is 30.0 Å². The number of nitrogens with one attached hydrogen (secondary N) is 1. The van der Waals surface area contributed by atoms with E-state index in [-0.39, 0.29) is 18.9 Å². The van der Waals surface area contributed by atoms with Gasteiger partial charge in [0.05, 0.1) is 6.10 Å². The summed E-state index contributed by atoms with van der Waals surface area (Å²) in [5.41, 5.74) is 1.52. The maximum atomic E-state index is 13.1. The molecule has 114 valence electrons. The van der Waals surface area contributed by atoms with Crippen molar-refractivity contribution in [2.75, 3.05) is 0 Å². The Bertz CT molecular complexity index is 680. The highest BCUT2D eigenvalue weighted by Crippen LogP contribution is 2.35. The molecule has 1 heterocycles. The zero-order valence-electron chi connectivity index (χ0n) is 11.7. The maximum Gasteiger partial charge on any atom is 0.248 e. The van der Waals surface area contributed by atoms with Crippen LogP contribution in [-0.4, -0.2) is 27.4 Å². The molecular formula is C15H14F2N4O. The van der Waals surface area contributed by atoms with Gasteiger partial charge in [-0.25, -0.2) is 13.9 Å². The van der Waals surface area contributed by atoms with Gasteiger partial charge in [-0.1, -0.05) is 5.21 Å². The van der Waals surface area contributed by atoms with Crippen LogP contribution in [0, 0.1) is 11.3 Å². The second-order valence-corrected chi connectivity index (χ2v) is 5.34. The van der Waals surface area contributed by atoms with E-state index < -0.39 is 5.92 Å². The molecule has 7 heteroatoms. The van der Waals surface area contributed by atoms with Gasteiger partial charge in [-0.3, -0.25) is 0 Å². The normalized spacial score (nSPS) is 17.9. The lowest BCUT2D eigenvalue weighted by Crippen LogP contribution is -2.30. The van der Waals surface area contributed by atoms with Crippen LogP contribution in [0.5, 0.6) is 5.75 Å². The van der Waals surface area contributed by atoms with Crippen molar-refractivity contribution < 1.29 is 13.5 Å². The van der Waals surface area contributed by atoms with Crippen LogP contribution in [0.4, 0.5) is 8.78 Å². The molecule has 0 atom stereocenters. The van der Waals surface area contributed by atoms with E-state index in [9.17, 15) is 8.78 Å². The molecule has 0 spiro atoms. The average molecular weight is 304 g/mol. The predicted molar refractivity (Wildman–Crippen MR) is 74.4 cm³/mol. The van der Waals surface area contributed by atoms with E-state index >= 15 is 0 Å². The summed E-state index contributed by atoms with van der Waals surface area (Å²) in [6.07, 6.45) is 0.292. The highest BCUT2D eigenvalue weighted by molar-refractivity contribution is 5.64. The number of nitriles is 1. The highest BCUT2D eigenvalue weighted by atomic mass is 19.3. The second-order valence-electron chi connectivity index (χ2n) is 5.34. The van der Waals surface area contributed by atoms with E-state index in [1.807, 2.05) is 6.07 Å². The summed E-state index contributed by atoms with van der Waals surface area (Å²) < 4.78 is 31.9. The Balaban J connectivity index is 1.67. The Morgan fingerprint density at radius 2 is 1.91 bits per heavy atom. The lowest BCUT2D eigenvalue weighted by molar-refractivity contribution is -0.0582. The van der Waals surface area contributed by atoms with E-state index in [1.165, 1.54) is 0 Å². The lowest BCUT2D eigenvalue weighted by Gasteiger charge is -2.28. The Kier molecular flexibility index (Phi) is 3.75. The number of benzene rings is 1. The Labute approximate surface area is 125 Å². The highest BCUT2D eigenvalue weighted by Gasteiger charge is 2.35. The molecule has 1 saturated carbocycles. The fourth-order valence-corrected chi connectivity index (χ4v) is 2.52. The standard InChI is InChI=1S/C15H14F2N4O/c16-15(17)7-5-12(6-8-15)22-11-3-1-10(2-4-11)14-13(9-18)19-21-20-14/h1-4,12H,5-8H2,(H,19,20,21). The molecule has 2 aromatic rings. The molecule has 0 saturated heterocycles. The molecule has 3 rings (SSSR count). The first-order chi connectivity index (χ1) is 10.6. The molecule has 1 fully saturated rings. The number of aromatic nitrogens is 3. The zero-order chi connectivity index (χ0) is 15.6. The molecule has 22 heavy (non-hydrogen) atoms. The summed E-state index contributed by atoms with van der Waals surface area (Å²) in [5.74, 6) is -1.93. The van der Waals surface area contributed by atoms with E-state index in [1.54, 1.807) is 24.3 Å². The Hall–Kier alpha value is -2.49. The number of nitrogens with zero attached hydrogens (tertiary/aromatic N) is 3. The van der Waals surface area contributed by atoms with Crippen LogP contribution >= 0.6 is 0 Å². The van der Waals surface area contributed by atoms with Gasteiger partial charge in [0.25, 0.3) is 0 Å². The van der Waals surface area contributed by atoms with Gasteiger partial charge >= 0.3 is 0 Å². The fraction of sp³-hybridized carbons (Fsp3) is 0.400. The molecule has 1 aliphatic carbocycles. The molecule has 0 amide bonds. The summed E-state index contributed by atoms with van der Waals surface area (Å²) in [4.78, 5) is 0. The molecule has 0 unspecified atom stereocenters. The number of H-pyrrole nitrogens is 1. The third-order valence-corrected chi connectivity index (χ3v) is 3.76. The van der Waals surface area contributed by atoms with Crippen LogP contribution in [0.1, 0.15) is 31.4 Å². The van der Waals surface area contributed by atoms with Crippen molar-refractivity contribution in [2.24, 2.45) is 0 Å². The average Bonchev–Trinajstić information content (AvgIpc) is 2.99. The number of ether oxygens (including phenoxy) is 1. The third-order valence-electron chi connectivity index (χ3n) is 3.76. The van der Waals surface area contributed by atoms with Crippen LogP contribution in [0.15, 0.2) is 24.3 Å². The topological polar surface area (TPSA) is 74.6 Å². The zero-order valence-corrected chi connectivity index (χ0v) is 11.7. The van der Waals surface area contributed by atoms with E-state index in [0.717, 1.165) is 5.56 Å². The number of hydrogen-bond donors (Lipinski definition) is 1. The number of alkyl halides is 2. The van der Waals surface area contributed by atoms with Gasteiger partial charge in [-0.05, 0) is 37.1 Å². The van der Waals surface area contributed by atoms with E-state index in [4.69, 9.17) is 10.00 Å². The van der Waals surface area contributed by atoms with Gasteiger partial charge in [-0.2, -0.15) is 5.26 Å². The molecule has 0 radical (unpaired) electrons. The van der Waals surface area contributed by atoms with Crippen LogP contribution in [0.2, 0.25) is 0 Å². The number of halogens is 2. The summed E-state index contributed by atoms with van der Waals surface area (Å²) in [6.45, 7) is 0. The van der Waals surface area contributed by atoms with Gasteiger partial charge in [-0.15, -0.1) is 5.10 Å². The number of hydrogen-bond acceptors (Lipinski definition) is 4. The predicted octanol–water partition coefficient (Wildman–Crippen LogP) is 3.30. The van der Waals surface area contributed by atoms with Crippen molar-refractivity contribution >= 4 is 0 Å². The summed E-state index contributed by atoms with van der Waals surface area (Å²) in [5, 5.41) is 18.9. The van der Waals surface area contributed by atoms with Crippen molar-refractivity contribution in [1.82, 2.24) is 15.4 Å². The van der Waals surface area contributed by atoms with Crippen molar-refractivity contribution in [3.05, 3.63) is 30.0 Å². The molecule has 5 nitrogen and oxygen atoms in total. The first-order valence-electron chi connectivity index (χ1n) is 7.03. The SMILES string of the molecule is N#Cc1[nH]nnc1-c1ccc(OC2CCC(F)(F)CC2)cc1. The summed E-state index contributed by atoms with van der Waals surface area (Å²) in [7, 11) is 0. The molecule has 0 bridgehead atoms. The molecular weight excluding hydrogens is 290 g/mol. The molecule has 1 aliphatic rings. The molecule has 0 aliphatic heterocycles. The van der Waals surface area contributed by atoms with Crippen molar-refractivity contribution in [2.45, 2.75) is 37.7 Å². The third kappa shape index (κ3) is 3.06. The maximum absolute atomic E-state index is 13.1. The van der Waals surface area contributed by atoms with Crippen molar-refractivity contribution in [3.8, 4) is 23.1 Å². The smallest absolute Gasteiger partial charge is 0.248 e. The molecule has 1 aromatic carbocycles. The minimum Gasteiger partial charge on any atom is -0.490 e. The first-order valence-corrected chi connectivity index (χ1v) is 7.03. The van der Waals surface area contributed by atoms with Crippen LogP contribution < -0.4 is 4.74 Å². The van der Waals surface area contributed by atoms with Crippen LogP contribution in [0.3, 0.4) is 0 Å². The number of rotatable bonds is 3. The largest absolute Gasteiger partial charge is 0.490 e. The van der Waals surface area contributed by atoms with Crippen molar-refractivity contribution in [1.29, 1.82) is 5.26 Å². The van der Waals surface area contributed by atoms with Gasteiger partial charge < -0.3 is 4.74 Å². The monoisotopic (exact) mass is 304 g/mol. The van der Waals surface area contributed by atoms with Gasteiger partial charge in [0, 0.05) is 18.4 Å².